The van der Waals surface area contributed by atoms with Crippen LogP contribution >= 0.6 is 11.3 Å². The molecule has 9 heteroatoms. The first-order valence-corrected chi connectivity index (χ1v) is 9.57. The molecule has 1 atom stereocenters. The highest BCUT2D eigenvalue weighted by Crippen LogP contribution is 2.32. The van der Waals surface area contributed by atoms with Gasteiger partial charge in [-0.3, -0.25) is 9.78 Å². The lowest BCUT2D eigenvalue weighted by Gasteiger charge is -2.33. The number of carboxylic acid groups (broad SMARTS) is 1. The van der Waals surface area contributed by atoms with E-state index in [1.165, 1.54) is 10.4 Å². The third-order valence-electron chi connectivity index (χ3n) is 3.65. The molecule has 0 radical (unpaired) electrons. The van der Waals surface area contributed by atoms with Crippen molar-refractivity contribution < 1.29 is 23.1 Å². The zero-order valence-electron chi connectivity index (χ0n) is 12.7. The van der Waals surface area contributed by atoms with Crippen LogP contribution in [0.2, 0.25) is 0 Å². The van der Waals surface area contributed by atoms with Crippen LogP contribution in [0.5, 0.6) is 0 Å². The number of nitrogens with zero attached hydrogens (tertiary/aromatic N) is 2. The van der Waals surface area contributed by atoms with Crippen molar-refractivity contribution in [1.29, 1.82) is 0 Å². The topological polar surface area (TPSA) is 96.8 Å². The van der Waals surface area contributed by atoms with Gasteiger partial charge >= 0.3 is 5.97 Å². The molecule has 3 rings (SSSR count). The maximum atomic E-state index is 12.9. The van der Waals surface area contributed by atoms with E-state index in [-0.39, 0.29) is 30.4 Å². The fraction of sp³-hybridized carbons (Fsp3) is 0.333. The van der Waals surface area contributed by atoms with E-state index in [2.05, 4.69) is 4.98 Å². The molecule has 1 unspecified atom stereocenters. The highest BCUT2D eigenvalue weighted by atomic mass is 32.2. The van der Waals surface area contributed by atoms with Crippen LogP contribution < -0.4 is 0 Å². The van der Waals surface area contributed by atoms with Gasteiger partial charge in [0, 0.05) is 12.7 Å². The van der Waals surface area contributed by atoms with Gasteiger partial charge in [0.25, 0.3) is 10.0 Å². The lowest BCUT2D eigenvalue weighted by atomic mass is 10.2. The number of hydrogen-bond donors (Lipinski definition) is 1. The van der Waals surface area contributed by atoms with Gasteiger partial charge < -0.3 is 9.84 Å². The van der Waals surface area contributed by atoms with E-state index in [1.807, 2.05) is 12.1 Å². The molecular formula is C15H16N2O5S2. The maximum absolute atomic E-state index is 12.9. The number of morpholine rings is 1. The Hall–Kier alpha value is -1.81. The number of aromatic nitrogens is 1. The van der Waals surface area contributed by atoms with Gasteiger partial charge in [-0.25, -0.2) is 8.42 Å². The predicted octanol–water partition coefficient (Wildman–Crippen LogP) is 1.67. The van der Waals surface area contributed by atoms with Crippen LogP contribution in [0.3, 0.4) is 0 Å². The van der Waals surface area contributed by atoms with E-state index < -0.39 is 22.0 Å². The molecule has 1 saturated heterocycles. The lowest BCUT2D eigenvalue weighted by Crippen LogP contribution is -2.49. The monoisotopic (exact) mass is 368 g/mol. The molecule has 0 aromatic carbocycles. The molecule has 0 amide bonds. The number of hydrogen-bond acceptors (Lipinski definition) is 6. The SMILES string of the molecule is O=C(O)CC1COCCN1S(=O)(=O)c1ccc(-c2ccccn2)s1. The van der Waals surface area contributed by atoms with E-state index in [9.17, 15) is 13.2 Å². The van der Waals surface area contributed by atoms with Crippen LogP contribution in [0.1, 0.15) is 6.42 Å². The van der Waals surface area contributed by atoms with Crippen molar-refractivity contribution in [2.45, 2.75) is 16.7 Å². The molecule has 0 bridgehead atoms. The Morgan fingerprint density at radius 3 is 2.92 bits per heavy atom. The summed E-state index contributed by atoms with van der Waals surface area (Å²) >= 11 is 1.13. The summed E-state index contributed by atoms with van der Waals surface area (Å²) in [6.07, 6.45) is 1.37. The van der Waals surface area contributed by atoms with Gasteiger partial charge in [-0.05, 0) is 24.3 Å². The number of carboxylic acids is 1. The van der Waals surface area contributed by atoms with Crippen LogP contribution in [0, 0.1) is 0 Å². The molecule has 0 aliphatic carbocycles. The number of rotatable bonds is 5. The lowest BCUT2D eigenvalue weighted by molar-refractivity contribution is -0.139. The molecule has 24 heavy (non-hydrogen) atoms. The highest BCUT2D eigenvalue weighted by Gasteiger charge is 2.36. The van der Waals surface area contributed by atoms with Crippen LogP contribution in [0.15, 0.2) is 40.7 Å². The second-order valence-electron chi connectivity index (χ2n) is 5.28. The standard InChI is InChI=1S/C15H16N2O5S2/c18-14(19)9-11-10-22-8-7-17(11)24(20,21)15-5-4-13(23-15)12-3-1-2-6-16-12/h1-6,11H,7-10H2,(H,18,19). The van der Waals surface area contributed by atoms with Gasteiger partial charge in [-0.2, -0.15) is 4.31 Å². The Bertz CT molecular complexity index is 819. The molecule has 1 aliphatic heterocycles. The average Bonchev–Trinajstić information content (AvgIpc) is 3.06. The first-order chi connectivity index (χ1) is 11.5. The minimum atomic E-state index is -3.76. The van der Waals surface area contributed by atoms with Crippen LogP contribution in [0.4, 0.5) is 0 Å². The Kier molecular flexibility index (Phi) is 4.95. The highest BCUT2D eigenvalue weighted by molar-refractivity contribution is 7.91. The predicted molar refractivity (Wildman–Crippen MR) is 88.3 cm³/mol. The van der Waals surface area contributed by atoms with Crippen molar-refractivity contribution in [2.75, 3.05) is 19.8 Å². The average molecular weight is 368 g/mol. The fourth-order valence-corrected chi connectivity index (χ4v) is 5.54. The number of pyridine rings is 1. The molecule has 1 N–H and O–H groups in total. The van der Waals surface area contributed by atoms with Crippen molar-refractivity contribution in [3.8, 4) is 10.6 Å². The van der Waals surface area contributed by atoms with Gasteiger partial charge in [0.15, 0.2) is 0 Å². The molecule has 7 nitrogen and oxygen atoms in total. The first kappa shape index (κ1) is 17.0. The molecular weight excluding hydrogens is 352 g/mol. The second-order valence-corrected chi connectivity index (χ2v) is 8.48. The van der Waals surface area contributed by atoms with Crippen molar-refractivity contribution in [3.05, 3.63) is 36.5 Å². The van der Waals surface area contributed by atoms with Crippen LogP contribution in [0.25, 0.3) is 10.6 Å². The maximum Gasteiger partial charge on any atom is 0.305 e. The zero-order valence-corrected chi connectivity index (χ0v) is 14.3. The van der Waals surface area contributed by atoms with Gasteiger partial charge in [-0.1, -0.05) is 6.07 Å². The van der Waals surface area contributed by atoms with E-state index in [4.69, 9.17) is 9.84 Å². The van der Waals surface area contributed by atoms with Crippen LogP contribution in [-0.2, 0) is 19.6 Å². The molecule has 128 valence electrons. The second kappa shape index (κ2) is 6.98. The number of thiophene rings is 1. The molecule has 3 heterocycles. The quantitative estimate of drug-likeness (QED) is 0.862. The van der Waals surface area contributed by atoms with Gasteiger partial charge in [-0.15, -0.1) is 11.3 Å². The first-order valence-electron chi connectivity index (χ1n) is 7.31. The summed E-state index contributed by atoms with van der Waals surface area (Å²) in [6.45, 7) is 0.495. The summed E-state index contributed by atoms with van der Waals surface area (Å²) in [4.78, 5) is 15.9. The van der Waals surface area contributed by atoms with Gasteiger partial charge in [0.05, 0.1) is 36.2 Å². The Morgan fingerprint density at radius 2 is 2.21 bits per heavy atom. The zero-order chi connectivity index (χ0) is 17.2. The molecule has 0 saturated carbocycles. The summed E-state index contributed by atoms with van der Waals surface area (Å²) in [6, 6.07) is 8.00. The number of carbonyl (C=O) groups is 1. The van der Waals surface area contributed by atoms with Gasteiger partial charge in [0.2, 0.25) is 0 Å². The summed E-state index contributed by atoms with van der Waals surface area (Å²) in [5, 5.41) is 8.99. The molecule has 2 aromatic rings. The molecule has 0 spiro atoms. The summed E-state index contributed by atoms with van der Waals surface area (Å²) < 4.78 is 32.4. The van der Waals surface area contributed by atoms with Crippen molar-refractivity contribution in [3.63, 3.8) is 0 Å². The smallest absolute Gasteiger partial charge is 0.305 e. The minimum absolute atomic E-state index is 0.0873. The van der Waals surface area contributed by atoms with Crippen molar-refractivity contribution in [2.24, 2.45) is 0 Å². The molecule has 1 fully saturated rings. The third-order valence-corrected chi connectivity index (χ3v) is 7.17. The Morgan fingerprint density at radius 1 is 1.38 bits per heavy atom. The fourth-order valence-electron chi connectivity index (χ4n) is 2.54. The minimum Gasteiger partial charge on any atom is -0.481 e. The van der Waals surface area contributed by atoms with Crippen LogP contribution in [-0.4, -0.2) is 54.6 Å². The summed E-state index contributed by atoms with van der Waals surface area (Å²) in [7, 11) is -3.76. The van der Waals surface area contributed by atoms with E-state index in [0.717, 1.165) is 16.2 Å². The summed E-state index contributed by atoms with van der Waals surface area (Å²) in [5.41, 5.74) is 0.702. The largest absolute Gasteiger partial charge is 0.481 e. The van der Waals surface area contributed by atoms with Crippen molar-refractivity contribution in [1.82, 2.24) is 9.29 Å². The summed E-state index contributed by atoms with van der Waals surface area (Å²) in [5.74, 6) is -1.05. The Balaban J connectivity index is 1.89. The van der Waals surface area contributed by atoms with E-state index >= 15 is 0 Å². The third kappa shape index (κ3) is 3.48. The van der Waals surface area contributed by atoms with Crippen molar-refractivity contribution >= 4 is 27.3 Å². The van der Waals surface area contributed by atoms with E-state index in [1.54, 1.807) is 18.3 Å². The number of sulfonamides is 1. The Labute approximate surface area is 143 Å². The van der Waals surface area contributed by atoms with E-state index in [0.29, 0.717) is 5.69 Å². The normalized spacial score (nSPS) is 19.2. The van der Waals surface area contributed by atoms with Gasteiger partial charge in [0.1, 0.15) is 4.21 Å². The molecule has 2 aromatic heterocycles. The number of ether oxygens (including phenoxy) is 1. The number of aliphatic carboxylic acids is 1. The molecule has 1 aliphatic rings.